The van der Waals surface area contributed by atoms with Gasteiger partial charge in [-0.15, -0.1) is 12.4 Å². The first-order chi connectivity index (χ1) is 10.2. The summed E-state index contributed by atoms with van der Waals surface area (Å²) < 4.78 is 0. The van der Waals surface area contributed by atoms with Crippen molar-refractivity contribution in [1.82, 2.24) is 10.2 Å². The van der Waals surface area contributed by atoms with Crippen LogP contribution in [-0.4, -0.2) is 49.6 Å². The monoisotopic (exact) mass is 323 g/mol. The van der Waals surface area contributed by atoms with Crippen molar-refractivity contribution in [3.05, 3.63) is 29.8 Å². The average Bonchev–Trinajstić information content (AvgIpc) is 2.97. The molecule has 1 N–H and O–H groups in total. The highest BCUT2D eigenvalue weighted by molar-refractivity contribution is 5.98. The van der Waals surface area contributed by atoms with Gasteiger partial charge >= 0.3 is 0 Å². The number of likely N-dealkylation sites (tertiary alicyclic amines) is 1. The highest BCUT2D eigenvalue weighted by Crippen LogP contribution is 2.28. The highest BCUT2D eigenvalue weighted by Gasteiger charge is 2.32. The summed E-state index contributed by atoms with van der Waals surface area (Å²) in [6, 6.07) is 8.75. The zero-order valence-electron chi connectivity index (χ0n) is 13.4. The standard InChI is InChI=1S/C17H25N3O.ClH/c1-13(19-10-5-7-15(12-19)18-2)17(21)20-11-9-14-6-3-4-8-16(14)20;/h3-4,6,8,13,15,18H,5,7,9-12H2,1-2H3;1H. The summed E-state index contributed by atoms with van der Waals surface area (Å²) in [6.07, 6.45) is 3.36. The topological polar surface area (TPSA) is 35.6 Å². The van der Waals surface area contributed by atoms with E-state index in [1.54, 1.807) is 0 Å². The van der Waals surface area contributed by atoms with E-state index in [1.165, 1.54) is 18.4 Å². The number of nitrogens with one attached hydrogen (secondary N) is 1. The van der Waals surface area contributed by atoms with Gasteiger partial charge in [0.2, 0.25) is 5.91 Å². The first-order valence-electron chi connectivity index (χ1n) is 8.01. The summed E-state index contributed by atoms with van der Waals surface area (Å²) in [5.74, 6) is 0.247. The second-order valence-electron chi connectivity index (χ2n) is 6.17. The van der Waals surface area contributed by atoms with Gasteiger partial charge in [-0.1, -0.05) is 18.2 Å². The Kier molecular flexibility index (Phi) is 5.84. The Morgan fingerprint density at radius 2 is 2.09 bits per heavy atom. The van der Waals surface area contributed by atoms with Gasteiger partial charge in [0.15, 0.2) is 0 Å². The van der Waals surface area contributed by atoms with E-state index in [2.05, 4.69) is 35.3 Å². The van der Waals surface area contributed by atoms with E-state index in [-0.39, 0.29) is 24.4 Å². The van der Waals surface area contributed by atoms with Crippen molar-refractivity contribution in [3.8, 4) is 0 Å². The Morgan fingerprint density at radius 3 is 2.86 bits per heavy atom. The fraction of sp³-hybridized carbons (Fsp3) is 0.588. The maximum absolute atomic E-state index is 12.9. The number of halogens is 1. The van der Waals surface area contributed by atoms with Crippen molar-refractivity contribution in [1.29, 1.82) is 0 Å². The Bertz CT molecular complexity index is 522. The Balaban J connectivity index is 0.00000176. The van der Waals surface area contributed by atoms with Crippen molar-refractivity contribution in [2.45, 2.75) is 38.3 Å². The molecule has 0 aliphatic carbocycles. The van der Waals surface area contributed by atoms with E-state index in [0.717, 1.165) is 31.7 Å². The van der Waals surface area contributed by atoms with Gasteiger partial charge < -0.3 is 10.2 Å². The molecule has 122 valence electrons. The number of likely N-dealkylation sites (N-methyl/N-ethyl adjacent to an activating group) is 1. The van der Waals surface area contributed by atoms with Crippen LogP contribution in [0.25, 0.3) is 0 Å². The van der Waals surface area contributed by atoms with E-state index in [1.807, 2.05) is 18.0 Å². The van der Waals surface area contributed by atoms with Gasteiger partial charge in [0, 0.05) is 24.8 Å². The average molecular weight is 324 g/mol. The molecule has 2 aliphatic heterocycles. The molecule has 2 aliphatic rings. The molecule has 1 saturated heterocycles. The fourth-order valence-electron chi connectivity index (χ4n) is 3.54. The SMILES string of the molecule is CNC1CCCN(C(C)C(=O)N2CCc3ccccc32)C1.Cl. The molecule has 0 aromatic heterocycles. The molecule has 0 saturated carbocycles. The number of carbonyl (C=O) groups excluding carboxylic acids is 1. The van der Waals surface area contributed by atoms with Crippen LogP contribution in [-0.2, 0) is 11.2 Å². The van der Waals surface area contributed by atoms with Gasteiger partial charge in [-0.05, 0) is 51.4 Å². The molecule has 0 spiro atoms. The number of rotatable bonds is 3. The van der Waals surface area contributed by atoms with Crippen molar-refractivity contribution in [2.24, 2.45) is 0 Å². The first-order valence-corrected chi connectivity index (χ1v) is 8.01. The predicted molar refractivity (Wildman–Crippen MR) is 92.9 cm³/mol. The van der Waals surface area contributed by atoms with Crippen LogP contribution in [0.4, 0.5) is 5.69 Å². The second-order valence-corrected chi connectivity index (χ2v) is 6.17. The number of piperidine rings is 1. The predicted octanol–water partition coefficient (Wildman–Crippen LogP) is 2.07. The lowest BCUT2D eigenvalue weighted by Gasteiger charge is -2.37. The van der Waals surface area contributed by atoms with Gasteiger partial charge in [-0.3, -0.25) is 9.69 Å². The smallest absolute Gasteiger partial charge is 0.244 e. The molecular formula is C17H26ClN3O. The molecule has 2 heterocycles. The molecule has 0 radical (unpaired) electrons. The third-order valence-corrected chi connectivity index (χ3v) is 4.92. The minimum atomic E-state index is -0.0349. The van der Waals surface area contributed by atoms with Crippen LogP contribution in [0, 0.1) is 0 Å². The van der Waals surface area contributed by atoms with Crippen molar-refractivity contribution < 1.29 is 4.79 Å². The summed E-state index contributed by atoms with van der Waals surface area (Å²) in [4.78, 5) is 17.2. The zero-order valence-corrected chi connectivity index (χ0v) is 14.2. The largest absolute Gasteiger partial charge is 0.316 e. The molecule has 3 rings (SSSR count). The number of nitrogens with zero attached hydrogens (tertiary/aromatic N) is 2. The van der Waals surface area contributed by atoms with Crippen LogP contribution in [0.3, 0.4) is 0 Å². The van der Waals surface area contributed by atoms with E-state index in [0.29, 0.717) is 6.04 Å². The molecule has 5 heteroatoms. The highest BCUT2D eigenvalue weighted by atomic mass is 35.5. The van der Waals surface area contributed by atoms with Crippen molar-refractivity contribution >= 4 is 24.0 Å². The Hall–Kier alpha value is -1.10. The summed E-state index contributed by atoms with van der Waals surface area (Å²) in [6.45, 7) is 4.88. The van der Waals surface area contributed by atoms with Gasteiger partial charge in [0.25, 0.3) is 0 Å². The molecular weight excluding hydrogens is 298 g/mol. The van der Waals surface area contributed by atoms with E-state index in [9.17, 15) is 4.79 Å². The second kappa shape index (κ2) is 7.44. The Labute approximate surface area is 139 Å². The molecule has 22 heavy (non-hydrogen) atoms. The van der Waals surface area contributed by atoms with Gasteiger partial charge in [-0.25, -0.2) is 0 Å². The first kappa shape index (κ1) is 17.3. The molecule has 2 atom stereocenters. The van der Waals surface area contributed by atoms with E-state index in [4.69, 9.17) is 0 Å². The molecule has 0 bridgehead atoms. The fourth-order valence-corrected chi connectivity index (χ4v) is 3.54. The number of anilines is 1. The summed E-state index contributed by atoms with van der Waals surface area (Å²) in [7, 11) is 2.01. The maximum Gasteiger partial charge on any atom is 0.244 e. The van der Waals surface area contributed by atoms with Crippen LogP contribution in [0.1, 0.15) is 25.3 Å². The maximum atomic E-state index is 12.9. The summed E-state index contributed by atoms with van der Waals surface area (Å²) in [5.41, 5.74) is 2.40. The lowest BCUT2D eigenvalue weighted by atomic mass is 10.0. The number of fused-ring (bicyclic) bond motifs is 1. The van der Waals surface area contributed by atoms with Crippen LogP contribution < -0.4 is 10.2 Å². The lowest BCUT2D eigenvalue weighted by molar-refractivity contribution is -0.123. The molecule has 1 fully saturated rings. The van der Waals surface area contributed by atoms with E-state index >= 15 is 0 Å². The van der Waals surface area contributed by atoms with Gasteiger partial charge in [0.05, 0.1) is 6.04 Å². The van der Waals surface area contributed by atoms with E-state index < -0.39 is 0 Å². The third kappa shape index (κ3) is 3.29. The third-order valence-electron chi connectivity index (χ3n) is 4.92. The molecule has 4 nitrogen and oxygen atoms in total. The number of para-hydroxylation sites is 1. The lowest BCUT2D eigenvalue weighted by Crippen LogP contribution is -2.53. The molecule has 1 amide bonds. The van der Waals surface area contributed by atoms with Crippen molar-refractivity contribution in [3.63, 3.8) is 0 Å². The normalized spacial score (nSPS) is 22.8. The number of amides is 1. The van der Waals surface area contributed by atoms with Crippen LogP contribution in [0.15, 0.2) is 24.3 Å². The molecule has 2 unspecified atom stereocenters. The van der Waals surface area contributed by atoms with Crippen molar-refractivity contribution in [2.75, 3.05) is 31.6 Å². The molecule has 1 aromatic rings. The van der Waals surface area contributed by atoms with Crippen LogP contribution in [0.5, 0.6) is 0 Å². The summed E-state index contributed by atoms with van der Waals surface area (Å²) >= 11 is 0. The minimum absolute atomic E-state index is 0. The van der Waals surface area contributed by atoms with Gasteiger partial charge in [-0.2, -0.15) is 0 Å². The Morgan fingerprint density at radius 1 is 1.32 bits per heavy atom. The number of benzene rings is 1. The summed E-state index contributed by atoms with van der Waals surface area (Å²) in [5, 5.41) is 3.35. The van der Waals surface area contributed by atoms with Gasteiger partial charge in [0.1, 0.15) is 0 Å². The van der Waals surface area contributed by atoms with Crippen LogP contribution in [0.2, 0.25) is 0 Å². The number of hydrogen-bond acceptors (Lipinski definition) is 3. The van der Waals surface area contributed by atoms with Crippen LogP contribution >= 0.6 is 12.4 Å². The quantitative estimate of drug-likeness (QED) is 0.925. The number of carbonyl (C=O) groups is 1. The zero-order chi connectivity index (χ0) is 14.8. The minimum Gasteiger partial charge on any atom is -0.316 e. The number of hydrogen-bond donors (Lipinski definition) is 1. The molecule has 1 aromatic carbocycles.